The zero-order valence-corrected chi connectivity index (χ0v) is 16.2. The van der Waals surface area contributed by atoms with Gasteiger partial charge in [0.05, 0.1) is 6.61 Å². The zero-order chi connectivity index (χ0) is 15.6. The van der Waals surface area contributed by atoms with Gasteiger partial charge in [0.1, 0.15) is 6.10 Å². The standard InChI is InChI=1S/C16H26N4O2.HI/c1-17-16(18-9-10-21-2)20-12-13-7-8-15(19-11-13)22-14-5-3-4-6-14;/h7-8,11,14H,3-6,9-10,12H2,1-2H3,(H2,17,18,20);1H. The molecule has 0 aliphatic heterocycles. The summed E-state index contributed by atoms with van der Waals surface area (Å²) in [5.74, 6) is 1.47. The third-order valence-corrected chi connectivity index (χ3v) is 3.67. The number of aromatic nitrogens is 1. The fraction of sp³-hybridized carbons (Fsp3) is 0.625. The van der Waals surface area contributed by atoms with Crippen LogP contribution in [0.4, 0.5) is 0 Å². The highest BCUT2D eigenvalue weighted by molar-refractivity contribution is 14.0. The first-order valence-corrected chi connectivity index (χ1v) is 7.87. The summed E-state index contributed by atoms with van der Waals surface area (Å²) in [4.78, 5) is 8.53. The molecule has 23 heavy (non-hydrogen) atoms. The lowest BCUT2D eigenvalue weighted by molar-refractivity contribution is 0.201. The number of nitrogens with zero attached hydrogens (tertiary/aromatic N) is 2. The highest BCUT2D eigenvalue weighted by Crippen LogP contribution is 2.22. The van der Waals surface area contributed by atoms with Crippen LogP contribution in [0, 0.1) is 0 Å². The molecule has 1 aromatic rings. The van der Waals surface area contributed by atoms with Gasteiger partial charge in [-0.05, 0) is 31.2 Å². The highest BCUT2D eigenvalue weighted by Gasteiger charge is 2.16. The first kappa shape index (κ1) is 20.0. The molecule has 2 N–H and O–H groups in total. The molecule has 0 aromatic carbocycles. The van der Waals surface area contributed by atoms with Gasteiger partial charge >= 0.3 is 0 Å². The molecule has 1 heterocycles. The highest BCUT2D eigenvalue weighted by atomic mass is 127. The number of hydrogen-bond acceptors (Lipinski definition) is 4. The maximum atomic E-state index is 5.86. The smallest absolute Gasteiger partial charge is 0.213 e. The monoisotopic (exact) mass is 434 g/mol. The van der Waals surface area contributed by atoms with E-state index in [1.807, 2.05) is 18.3 Å². The average Bonchev–Trinajstić information content (AvgIpc) is 3.05. The van der Waals surface area contributed by atoms with Crippen molar-refractivity contribution in [1.82, 2.24) is 15.6 Å². The van der Waals surface area contributed by atoms with E-state index >= 15 is 0 Å². The minimum atomic E-state index is 0. The van der Waals surface area contributed by atoms with Crippen molar-refractivity contribution in [3.8, 4) is 5.88 Å². The first-order valence-electron chi connectivity index (χ1n) is 7.87. The maximum absolute atomic E-state index is 5.86. The van der Waals surface area contributed by atoms with E-state index < -0.39 is 0 Å². The number of rotatable bonds is 7. The Labute approximate surface area is 155 Å². The van der Waals surface area contributed by atoms with Gasteiger partial charge in [0, 0.05) is 39.5 Å². The molecule has 1 aliphatic carbocycles. The number of halogens is 1. The molecule has 0 unspecified atom stereocenters. The lowest BCUT2D eigenvalue weighted by Crippen LogP contribution is -2.38. The van der Waals surface area contributed by atoms with Crippen LogP contribution in [-0.4, -0.2) is 44.4 Å². The van der Waals surface area contributed by atoms with E-state index in [-0.39, 0.29) is 24.0 Å². The van der Waals surface area contributed by atoms with Crippen LogP contribution in [0.15, 0.2) is 23.3 Å². The van der Waals surface area contributed by atoms with Crippen molar-refractivity contribution in [2.75, 3.05) is 27.3 Å². The minimum absolute atomic E-state index is 0. The van der Waals surface area contributed by atoms with Crippen molar-refractivity contribution < 1.29 is 9.47 Å². The van der Waals surface area contributed by atoms with Crippen molar-refractivity contribution in [3.05, 3.63) is 23.9 Å². The number of nitrogens with one attached hydrogen (secondary N) is 2. The van der Waals surface area contributed by atoms with Crippen molar-refractivity contribution >= 4 is 29.9 Å². The average molecular weight is 434 g/mol. The molecule has 6 nitrogen and oxygen atoms in total. The van der Waals surface area contributed by atoms with Crippen molar-refractivity contribution in [1.29, 1.82) is 0 Å². The Bertz CT molecular complexity index is 462. The molecule has 0 saturated heterocycles. The van der Waals surface area contributed by atoms with Gasteiger partial charge in [0.25, 0.3) is 0 Å². The van der Waals surface area contributed by atoms with Gasteiger partial charge in [-0.2, -0.15) is 0 Å². The van der Waals surface area contributed by atoms with E-state index in [1.165, 1.54) is 12.8 Å². The Morgan fingerprint density at radius 3 is 2.70 bits per heavy atom. The number of ether oxygens (including phenoxy) is 2. The van der Waals surface area contributed by atoms with Crippen molar-refractivity contribution in [2.24, 2.45) is 4.99 Å². The summed E-state index contributed by atoms with van der Waals surface area (Å²) in [6.45, 7) is 2.04. The summed E-state index contributed by atoms with van der Waals surface area (Å²) in [6.07, 6.45) is 7.02. The second-order valence-electron chi connectivity index (χ2n) is 5.37. The van der Waals surface area contributed by atoms with Crippen LogP contribution < -0.4 is 15.4 Å². The van der Waals surface area contributed by atoms with E-state index in [4.69, 9.17) is 9.47 Å². The summed E-state index contributed by atoms with van der Waals surface area (Å²) >= 11 is 0. The van der Waals surface area contributed by atoms with Crippen LogP contribution in [0.25, 0.3) is 0 Å². The number of guanidine groups is 1. The predicted molar refractivity (Wildman–Crippen MR) is 103 cm³/mol. The summed E-state index contributed by atoms with van der Waals surface area (Å²) < 4.78 is 10.9. The van der Waals surface area contributed by atoms with Gasteiger partial charge in [0.15, 0.2) is 5.96 Å². The molecule has 0 bridgehead atoms. The Morgan fingerprint density at radius 1 is 1.30 bits per heavy atom. The molecule has 7 heteroatoms. The Hall–Kier alpha value is -1.09. The summed E-state index contributed by atoms with van der Waals surface area (Å²) in [6, 6.07) is 3.98. The third-order valence-electron chi connectivity index (χ3n) is 3.67. The number of aliphatic imine (C=N–C) groups is 1. The summed E-state index contributed by atoms with van der Waals surface area (Å²) in [7, 11) is 3.43. The fourth-order valence-corrected chi connectivity index (χ4v) is 2.44. The van der Waals surface area contributed by atoms with E-state index in [1.54, 1.807) is 14.2 Å². The lowest BCUT2D eigenvalue weighted by atomic mass is 10.3. The van der Waals surface area contributed by atoms with Crippen LogP contribution in [0.3, 0.4) is 0 Å². The van der Waals surface area contributed by atoms with E-state index in [0.29, 0.717) is 19.3 Å². The zero-order valence-electron chi connectivity index (χ0n) is 13.9. The van der Waals surface area contributed by atoms with Gasteiger partial charge in [-0.15, -0.1) is 24.0 Å². The van der Waals surface area contributed by atoms with Gasteiger partial charge in [-0.25, -0.2) is 4.98 Å². The van der Waals surface area contributed by atoms with Gasteiger partial charge < -0.3 is 20.1 Å². The molecule has 1 aliphatic rings. The quantitative estimate of drug-likeness (QED) is 0.299. The first-order chi connectivity index (χ1) is 10.8. The van der Waals surface area contributed by atoms with E-state index in [0.717, 1.165) is 36.8 Å². The van der Waals surface area contributed by atoms with Crippen LogP contribution in [-0.2, 0) is 11.3 Å². The Balaban J connectivity index is 0.00000264. The summed E-state index contributed by atoms with van der Waals surface area (Å²) in [5, 5.41) is 6.41. The molecule has 0 atom stereocenters. The summed E-state index contributed by atoms with van der Waals surface area (Å²) in [5.41, 5.74) is 1.09. The SMILES string of the molecule is CN=C(NCCOC)NCc1ccc(OC2CCCC2)nc1.I. The number of methoxy groups -OCH3 is 1. The lowest BCUT2D eigenvalue weighted by Gasteiger charge is -2.13. The van der Waals surface area contributed by atoms with Crippen LogP contribution in [0.5, 0.6) is 5.88 Å². The minimum Gasteiger partial charge on any atom is -0.474 e. The number of hydrogen-bond donors (Lipinski definition) is 2. The largest absolute Gasteiger partial charge is 0.474 e. The Kier molecular flexibility index (Phi) is 9.93. The third kappa shape index (κ3) is 7.34. The molecular weight excluding hydrogens is 407 g/mol. The topological polar surface area (TPSA) is 67.8 Å². The molecule has 0 amide bonds. The predicted octanol–water partition coefficient (Wildman–Crippen LogP) is 2.33. The van der Waals surface area contributed by atoms with Crippen LogP contribution in [0.2, 0.25) is 0 Å². The molecule has 0 radical (unpaired) electrons. The van der Waals surface area contributed by atoms with Crippen molar-refractivity contribution in [3.63, 3.8) is 0 Å². The molecule has 1 saturated carbocycles. The van der Waals surface area contributed by atoms with Gasteiger partial charge in [0.2, 0.25) is 5.88 Å². The molecule has 0 spiro atoms. The van der Waals surface area contributed by atoms with Gasteiger partial charge in [-0.1, -0.05) is 6.07 Å². The molecule has 130 valence electrons. The van der Waals surface area contributed by atoms with Crippen LogP contribution >= 0.6 is 24.0 Å². The van der Waals surface area contributed by atoms with E-state index in [2.05, 4.69) is 20.6 Å². The molecular formula is C16H27IN4O2. The Morgan fingerprint density at radius 2 is 2.09 bits per heavy atom. The normalized spacial score (nSPS) is 15.1. The molecule has 2 rings (SSSR count). The molecule has 1 fully saturated rings. The second kappa shape index (κ2) is 11.4. The molecule has 1 aromatic heterocycles. The second-order valence-corrected chi connectivity index (χ2v) is 5.37. The maximum Gasteiger partial charge on any atom is 0.213 e. The van der Waals surface area contributed by atoms with Gasteiger partial charge in [-0.3, -0.25) is 4.99 Å². The van der Waals surface area contributed by atoms with E-state index in [9.17, 15) is 0 Å². The number of pyridine rings is 1. The van der Waals surface area contributed by atoms with Crippen LogP contribution in [0.1, 0.15) is 31.2 Å². The van der Waals surface area contributed by atoms with Crippen molar-refractivity contribution in [2.45, 2.75) is 38.3 Å². The fourth-order valence-electron chi connectivity index (χ4n) is 2.44.